The van der Waals surface area contributed by atoms with Crippen LogP contribution in [0.3, 0.4) is 0 Å². The highest BCUT2D eigenvalue weighted by atomic mass is 16.5. The molecule has 1 heterocycles. The van der Waals surface area contributed by atoms with Crippen LogP contribution in [0, 0.1) is 0 Å². The Hall–Kier alpha value is -0.610. The Balaban J connectivity index is 1.68. The normalized spacial score (nSPS) is 24.9. The molecule has 2 N–H and O–H groups in total. The molecule has 0 bridgehead atoms. The van der Waals surface area contributed by atoms with Crippen LogP contribution in [0.25, 0.3) is 0 Å². The molecular formula is C11H20N2O2. The van der Waals surface area contributed by atoms with Crippen LogP contribution < -0.4 is 10.6 Å². The number of rotatable bonds is 4. The molecule has 15 heavy (non-hydrogen) atoms. The van der Waals surface area contributed by atoms with E-state index in [0.717, 1.165) is 38.9 Å². The topological polar surface area (TPSA) is 50.4 Å². The van der Waals surface area contributed by atoms with Gasteiger partial charge in [0, 0.05) is 24.8 Å². The molecule has 0 aromatic rings. The first kappa shape index (κ1) is 10.9. The van der Waals surface area contributed by atoms with Gasteiger partial charge in [0.15, 0.2) is 0 Å². The number of nitrogens with one attached hydrogen (secondary N) is 2. The number of ether oxygens (including phenoxy) is 1. The van der Waals surface area contributed by atoms with Crippen molar-refractivity contribution in [3.05, 3.63) is 0 Å². The van der Waals surface area contributed by atoms with Gasteiger partial charge in [-0.3, -0.25) is 4.79 Å². The van der Waals surface area contributed by atoms with E-state index in [1.165, 1.54) is 0 Å². The van der Waals surface area contributed by atoms with E-state index in [9.17, 15) is 4.79 Å². The van der Waals surface area contributed by atoms with Crippen molar-refractivity contribution >= 4 is 5.91 Å². The Bertz CT molecular complexity index is 233. The van der Waals surface area contributed by atoms with Crippen LogP contribution in [-0.2, 0) is 9.53 Å². The predicted molar refractivity (Wildman–Crippen MR) is 57.6 cm³/mol. The maximum Gasteiger partial charge on any atom is 0.234 e. The highest BCUT2D eigenvalue weighted by Crippen LogP contribution is 2.20. The lowest BCUT2D eigenvalue weighted by Gasteiger charge is -2.34. The van der Waals surface area contributed by atoms with Crippen molar-refractivity contribution in [2.75, 3.05) is 19.8 Å². The van der Waals surface area contributed by atoms with E-state index >= 15 is 0 Å². The van der Waals surface area contributed by atoms with Crippen molar-refractivity contribution in [2.45, 2.75) is 44.2 Å². The molecule has 4 heteroatoms. The first-order valence-electron chi connectivity index (χ1n) is 5.80. The molecule has 1 aliphatic heterocycles. The molecule has 0 spiro atoms. The smallest absolute Gasteiger partial charge is 0.234 e. The quantitative estimate of drug-likeness (QED) is 0.710. The molecule has 1 amide bonds. The highest BCUT2D eigenvalue weighted by molar-refractivity contribution is 5.78. The fraction of sp³-hybridized carbons (Fsp3) is 0.909. The van der Waals surface area contributed by atoms with Gasteiger partial charge in [0.2, 0.25) is 5.91 Å². The predicted octanol–water partition coefficient (Wildman–Crippen LogP) is 0.424. The third kappa shape index (κ3) is 3.47. The van der Waals surface area contributed by atoms with Gasteiger partial charge in [0.05, 0.1) is 6.54 Å². The summed E-state index contributed by atoms with van der Waals surface area (Å²) < 4.78 is 5.31. The number of hydrogen-bond acceptors (Lipinski definition) is 3. The van der Waals surface area contributed by atoms with Crippen LogP contribution in [0.5, 0.6) is 0 Å². The summed E-state index contributed by atoms with van der Waals surface area (Å²) in [6.07, 6.45) is 4.28. The minimum atomic E-state index is 0.0825. The van der Waals surface area contributed by atoms with E-state index < -0.39 is 0 Å². The zero-order valence-corrected chi connectivity index (χ0v) is 9.34. The largest absolute Gasteiger partial charge is 0.381 e. The van der Waals surface area contributed by atoms with Crippen LogP contribution >= 0.6 is 0 Å². The summed E-state index contributed by atoms with van der Waals surface area (Å²) in [6.45, 7) is 4.20. The van der Waals surface area contributed by atoms with E-state index in [4.69, 9.17) is 4.74 Å². The lowest BCUT2D eigenvalue weighted by molar-refractivity contribution is -0.121. The molecule has 2 rings (SSSR count). The monoisotopic (exact) mass is 212 g/mol. The van der Waals surface area contributed by atoms with Crippen LogP contribution in [0.2, 0.25) is 0 Å². The molecule has 86 valence electrons. The lowest BCUT2D eigenvalue weighted by atomic mass is 9.92. The number of hydrogen-bond donors (Lipinski definition) is 2. The number of carbonyl (C=O) groups is 1. The van der Waals surface area contributed by atoms with Crippen LogP contribution in [-0.4, -0.2) is 37.2 Å². The molecule has 0 radical (unpaired) electrons. The summed E-state index contributed by atoms with van der Waals surface area (Å²) in [5.74, 6) is 0.130. The molecule has 0 aromatic heterocycles. The summed E-state index contributed by atoms with van der Waals surface area (Å²) in [6, 6.07) is 0.460. The maximum absolute atomic E-state index is 11.5. The van der Waals surface area contributed by atoms with E-state index in [1.54, 1.807) is 0 Å². The SMILES string of the molecule is CC1(NCC(=O)NC2CC2)CCOCC1. The summed E-state index contributed by atoms with van der Waals surface area (Å²) in [5.41, 5.74) is 0.0825. The molecule has 1 saturated carbocycles. The molecule has 2 fully saturated rings. The molecule has 0 atom stereocenters. The average Bonchev–Trinajstić information content (AvgIpc) is 3.00. The fourth-order valence-electron chi connectivity index (χ4n) is 1.80. The first-order chi connectivity index (χ1) is 7.18. The molecule has 0 unspecified atom stereocenters. The standard InChI is InChI=1S/C11H20N2O2/c1-11(4-6-15-7-5-11)12-8-10(14)13-9-2-3-9/h9,12H,2-8H2,1H3,(H,13,14). The zero-order chi connectivity index (χ0) is 10.7. The molecule has 0 aromatic carbocycles. The summed E-state index contributed by atoms with van der Waals surface area (Å²) in [7, 11) is 0. The maximum atomic E-state index is 11.5. The van der Waals surface area contributed by atoms with E-state index in [1.807, 2.05) is 0 Å². The van der Waals surface area contributed by atoms with Crippen molar-refractivity contribution in [2.24, 2.45) is 0 Å². The third-order valence-corrected chi connectivity index (χ3v) is 3.21. The first-order valence-corrected chi connectivity index (χ1v) is 5.80. The van der Waals surface area contributed by atoms with E-state index in [0.29, 0.717) is 12.6 Å². The Morgan fingerprint density at radius 1 is 1.40 bits per heavy atom. The second-order valence-electron chi connectivity index (χ2n) is 4.87. The van der Waals surface area contributed by atoms with Crippen LogP contribution in [0.1, 0.15) is 32.6 Å². The zero-order valence-electron chi connectivity index (χ0n) is 9.34. The second kappa shape index (κ2) is 4.49. The lowest BCUT2D eigenvalue weighted by Crippen LogP contribution is -2.50. The van der Waals surface area contributed by atoms with Crippen molar-refractivity contribution in [3.8, 4) is 0 Å². The molecule has 2 aliphatic rings. The summed E-state index contributed by atoms with van der Waals surface area (Å²) >= 11 is 0. The Morgan fingerprint density at radius 2 is 2.07 bits per heavy atom. The van der Waals surface area contributed by atoms with Gasteiger partial charge in [-0.15, -0.1) is 0 Å². The Morgan fingerprint density at radius 3 is 2.67 bits per heavy atom. The van der Waals surface area contributed by atoms with Gasteiger partial charge in [-0.05, 0) is 32.6 Å². The Kier molecular flexibility index (Phi) is 3.26. The van der Waals surface area contributed by atoms with Gasteiger partial charge in [0.25, 0.3) is 0 Å². The highest BCUT2D eigenvalue weighted by Gasteiger charge is 2.28. The van der Waals surface area contributed by atoms with Gasteiger partial charge in [-0.25, -0.2) is 0 Å². The average molecular weight is 212 g/mol. The van der Waals surface area contributed by atoms with Gasteiger partial charge in [-0.1, -0.05) is 0 Å². The van der Waals surface area contributed by atoms with Gasteiger partial charge < -0.3 is 15.4 Å². The molecule has 1 aliphatic carbocycles. The van der Waals surface area contributed by atoms with Crippen molar-refractivity contribution in [1.29, 1.82) is 0 Å². The van der Waals surface area contributed by atoms with E-state index in [2.05, 4.69) is 17.6 Å². The van der Waals surface area contributed by atoms with Gasteiger partial charge in [-0.2, -0.15) is 0 Å². The number of carbonyl (C=O) groups excluding carboxylic acids is 1. The summed E-state index contributed by atoms with van der Waals surface area (Å²) in [4.78, 5) is 11.5. The minimum absolute atomic E-state index is 0.0825. The van der Waals surface area contributed by atoms with Crippen LogP contribution in [0.15, 0.2) is 0 Å². The van der Waals surface area contributed by atoms with Gasteiger partial charge >= 0.3 is 0 Å². The van der Waals surface area contributed by atoms with Crippen molar-refractivity contribution in [3.63, 3.8) is 0 Å². The van der Waals surface area contributed by atoms with Crippen LogP contribution in [0.4, 0.5) is 0 Å². The number of amides is 1. The van der Waals surface area contributed by atoms with E-state index in [-0.39, 0.29) is 11.4 Å². The van der Waals surface area contributed by atoms with Crippen molar-refractivity contribution in [1.82, 2.24) is 10.6 Å². The molecular weight excluding hydrogens is 192 g/mol. The van der Waals surface area contributed by atoms with Crippen molar-refractivity contribution < 1.29 is 9.53 Å². The fourth-order valence-corrected chi connectivity index (χ4v) is 1.80. The molecule has 4 nitrogen and oxygen atoms in total. The minimum Gasteiger partial charge on any atom is -0.381 e. The summed E-state index contributed by atoms with van der Waals surface area (Å²) in [5, 5.41) is 6.32. The Labute approximate surface area is 90.8 Å². The second-order valence-corrected chi connectivity index (χ2v) is 4.87. The molecule has 1 saturated heterocycles. The van der Waals surface area contributed by atoms with Gasteiger partial charge in [0.1, 0.15) is 0 Å². The third-order valence-electron chi connectivity index (χ3n) is 3.21.